The van der Waals surface area contributed by atoms with Crippen LogP contribution in [0, 0.1) is 19.7 Å². The second kappa shape index (κ2) is 6.62. The number of halogens is 1. The Morgan fingerprint density at radius 3 is 2.61 bits per heavy atom. The van der Waals surface area contributed by atoms with Gasteiger partial charge in [0, 0.05) is 18.3 Å². The number of hydrogen-bond donors (Lipinski definition) is 2. The first-order valence-electron chi connectivity index (χ1n) is 8.43. The van der Waals surface area contributed by atoms with Gasteiger partial charge >= 0.3 is 0 Å². The largest absolute Gasteiger partial charge is 0.466 e. The minimum atomic E-state index is -3.75. The van der Waals surface area contributed by atoms with E-state index in [1.54, 1.807) is 19.9 Å². The minimum Gasteiger partial charge on any atom is -0.466 e. The second-order valence-corrected chi connectivity index (χ2v) is 8.94. The lowest BCUT2D eigenvalue weighted by Gasteiger charge is -2.34. The summed E-state index contributed by atoms with van der Waals surface area (Å²) >= 11 is 0. The summed E-state index contributed by atoms with van der Waals surface area (Å²) in [7, 11) is -2.47. The van der Waals surface area contributed by atoms with Gasteiger partial charge in [0.15, 0.2) is 0 Å². The minimum absolute atomic E-state index is 0.0185. The molecule has 0 radical (unpaired) electrons. The van der Waals surface area contributed by atoms with Gasteiger partial charge in [-0.15, -0.1) is 0 Å². The number of hydrogen-bond acceptors (Lipinski definition) is 6. The number of rotatable bonds is 3. The van der Waals surface area contributed by atoms with E-state index in [9.17, 15) is 17.6 Å². The maximum Gasteiger partial charge on any atom is 0.259 e. The first kappa shape index (κ1) is 19.9. The lowest BCUT2D eigenvalue weighted by molar-refractivity contribution is 0.102. The first-order valence-corrected chi connectivity index (χ1v) is 10.0. The van der Waals surface area contributed by atoms with Gasteiger partial charge < -0.3 is 15.5 Å². The molecule has 3 N–H and O–H groups in total. The van der Waals surface area contributed by atoms with Crippen molar-refractivity contribution in [2.24, 2.45) is 10.7 Å². The zero-order chi connectivity index (χ0) is 20.9. The number of aryl methyl sites for hydroxylation is 2. The topological polar surface area (TPSA) is 118 Å². The van der Waals surface area contributed by atoms with E-state index >= 15 is 0 Å². The molecule has 0 aliphatic carbocycles. The summed E-state index contributed by atoms with van der Waals surface area (Å²) in [4.78, 5) is 16.7. The van der Waals surface area contributed by atoms with Gasteiger partial charge in [-0.25, -0.2) is 22.1 Å². The van der Waals surface area contributed by atoms with Crippen LogP contribution in [0.25, 0.3) is 0 Å². The third-order valence-corrected chi connectivity index (χ3v) is 6.60. The highest BCUT2D eigenvalue weighted by Gasteiger charge is 2.41. The van der Waals surface area contributed by atoms with Gasteiger partial charge in [-0.3, -0.25) is 4.79 Å². The number of furan rings is 1. The van der Waals surface area contributed by atoms with Crippen molar-refractivity contribution in [1.82, 2.24) is 4.31 Å². The van der Waals surface area contributed by atoms with Crippen LogP contribution < -0.4 is 11.1 Å². The van der Waals surface area contributed by atoms with Crippen LogP contribution in [-0.2, 0) is 15.6 Å². The van der Waals surface area contributed by atoms with Crippen molar-refractivity contribution in [1.29, 1.82) is 0 Å². The van der Waals surface area contributed by atoms with Gasteiger partial charge in [0.2, 0.25) is 16.0 Å². The van der Waals surface area contributed by atoms with Crippen LogP contribution in [0.5, 0.6) is 0 Å². The van der Waals surface area contributed by atoms with Gasteiger partial charge in [-0.1, -0.05) is 0 Å². The van der Waals surface area contributed by atoms with E-state index in [2.05, 4.69) is 10.3 Å². The molecule has 2 aromatic rings. The van der Waals surface area contributed by atoms with Gasteiger partial charge in [0.05, 0.1) is 11.3 Å². The molecule has 3 rings (SSSR count). The quantitative estimate of drug-likeness (QED) is 0.806. The second-order valence-electron chi connectivity index (χ2n) is 6.94. The molecule has 0 fully saturated rings. The maximum absolute atomic E-state index is 14.6. The first-order chi connectivity index (χ1) is 12.9. The van der Waals surface area contributed by atoms with E-state index in [0.29, 0.717) is 22.8 Å². The highest BCUT2D eigenvalue weighted by atomic mass is 32.2. The number of amides is 1. The molecule has 0 unspecified atom stereocenters. The molecule has 1 aromatic carbocycles. The Morgan fingerprint density at radius 1 is 1.36 bits per heavy atom. The average Bonchev–Trinajstić information content (AvgIpc) is 2.92. The van der Waals surface area contributed by atoms with Crippen LogP contribution in [0.1, 0.15) is 34.4 Å². The fourth-order valence-corrected chi connectivity index (χ4v) is 4.61. The number of nitrogens with two attached hydrogens (primary N) is 1. The zero-order valence-corrected chi connectivity index (χ0v) is 16.7. The number of guanidine groups is 1. The lowest BCUT2D eigenvalue weighted by Crippen LogP contribution is -2.50. The van der Waals surface area contributed by atoms with E-state index in [1.807, 2.05) is 0 Å². The zero-order valence-electron chi connectivity index (χ0n) is 15.9. The standard InChI is InChI=1S/C18H21FN4O4S/c1-10-7-13(11(2)27-10)16(24)21-12-5-6-15(19)14(8-12)18(3)9-28(25,26)23(4)17(20)22-18/h5-8H,9H2,1-4H3,(H2,20,22)(H,21,24)/t18-/m0/s1. The molecule has 0 saturated heterocycles. The van der Waals surface area contributed by atoms with E-state index in [-0.39, 0.29) is 11.5 Å². The SMILES string of the molecule is Cc1cc(C(=O)Nc2ccc(F)c([C@]3(C)CS(=O)(=O)N(C)C(N)=N3)c2)c(C)o1. The Bertz CT molecular complexity index is 1090. The number of aliphatic imine (C=N–C) groups is 1. The molecule has 1 aliphatic rings. The molecule has 1 aliphatic heterocycles. The van der Waals surface area contributed by atoms with Crippen molar-refractivity contribution in [2.45, 2.75) is 26.3 Å². The Kier molecular flexibility index (Phi) is 4.70. The van der Waals surface area contributed by atoms with Crippen molar-refractivity contribution in [3.63, 3.8) is 0 Å². The van der Waals surface area contributed by atoms with Crippen molar-refractivity contribution < 1.29 is 22.0 Å². The smallest absolute Gasteiger partial charge is 0.259 e. The van der Waals surface area contributed by atoms with Crippen LogP contribution >= 0.6 is 0 Å². The Morgan fingerprint density at radius 2 is 2.04 bits per heavy atom. The molecule has 8 nitrogen and oxygen atoms in total. The third kappa shape index (κ3) is 3.47. The highest BCUT2D eigenvalue weighted by molar-refractivity contribution is 7.89. The van der Waals surface area contributed by atoms with Gasteiger partial charge in [-0.05, 0) is 45.0 Å². The van der Waals surface area contributed by atoms with E-state index < -0.39 is 33.0 Å². The van der Waals surface area contributed by atoms with Crippen molar-refractivity contribution in [2.75, 3.05) is 18.1 Å². The van der Waals surface area contributed by atoms with Crippen LogP contribution in [-0.4, -0.2) is 37.4 Å². The predicted molar refractivity (Wildman–Crippen MR) is 103 cm³/mol. The molecule has 1 amide bonds. The monoisotopic (exact) mass is 408 g/mol. The number of carbonyl (C=O) groups is 1. The average molecular weight is 408 g/mol. The summed E-state index contributed by atoms with van der Waals surface area (Å²) in [5.74, 6) is -0.694. The van der Waals surface area contributed by atoms with Crippen LogP contribution in [0.4, 0.5) is 10.1 Å². The fourth-order valence-electron chi connectivity index (χ4n) is 3.16. The summed E-state index contributed by atoms with van der Waals surface area (Å²) < 4.78 is 45.5. The van der Waals surface area contributed by atoms with Crippen molar-refractivity contribution in [3.05, 3.63) is 52.7 Å². The van der Waals surface area contributed by atoms with Gasteiger partial charge in [0.25, 0.3) is 5.91 Å². The van der Waals surface area contributed by atoms with E-state index in [1.165, 1.54) is 26.1 Å². The van der Waals surface area contributed by atoms with Crippen LogP contribution in [0.2, 0.25) is 0 Å². The highest BCUT2D eigenvalue weighted by Crippen LogP contribution is 2.34. The normalized spacial score (nSPS) is 21.3. The van der Waals surface area contributed by atoms with Gasteiger partial charge in [-0.2, -0.15) is 0 Å². The maximum atomic E-state index is 14.6. The summed E-state index contributed by atoms with van der Waals surface area (Å²) in [6.07, 6.45) is 0. The van der Waals surface area contributed by atoms with Crippen molar-refractivity contribution >= 4 is 27.6 Å². The number of carbonyl (C=O) groups excluding carboxylic acids is 1. The number of nitrogens with zero attached hydrogens (tertiary/aromatic N) is 2. The van der Waals surface area contributed by atoms with E-state index in [4.69, 9.17) is 10.2 Å². The molecule has 28 heavy (non-hydrogen) atoms. The number of anilines is 1. The molecule has 0 saturated carbocycles. The molecule has 2 heterocycles. The van der Waals surface area contributed by atoms with E-state index in [0.717, 1.165) is 10.4 Å². The third-order valence-electron chi connectivity index (χ3n) is 4.65. The molecule has 0 spiro atoms. The summed E-state index contributed by atoms with van der Waals surface area (Å²) in [5.41, 5.74) is 4.97. The Balaban J connectivity index is 1.98. The summed E-state index contributed by atoms with van der Waals surface area (Å²) in [6, 6.07) is 5.51. The van der Waals surface area contributed by atoms with Crippen LogP contribution in [0.15, 0.2) is 33.7 Å². The number of nitrogens with one attached hydrogen (secondary N) is 1. The summed E-state index contributed by atoms with van der Waals surface area (Å²) in [5, 5.41) is 2.67. The van der Waals surface area contributed by atoms with Gasteiger partial charge in [0.1, 0.15) is 22.9 Å². The Hall–Kier alpha value is -2.88. The number of benzene rings is 1. The Labute approximate surface area is 162 Å². The lowest BCUT2D eigenvalue weighted by atomic mass is 9.93. The molecular weight excluding hydrogens is 387 g/mol. The molecule has 150 valence electrons. The predicted octanol–water partition coefficient (Wildman–Crippen LogP) is 2.09. The molecular formula is C18H21FN4O4S. The number of sulfonamides is 1. The molecule has 1 aromatic heterocycles. The molecule has 10 heteroatoms. The molecule has 1 atom stereocenters. The fraction of sp³-hybridized carbons (Fsp3) is 0.333. The van der Waals surface area contributed by atoms with Crippen molar-refractivity contribution in [3.8, 4) is 0 Å². The summed E-state index contributed by atoms with van der Waals surface area (Å²) in [6.45, 7) is 4.88. The van der Waals surface area contributed by atoms with Crippen LogP contribution in [0.3, 0.4) is 0 Å². The molecule has 0 bridgehead atoms.